The molecule has 1 atom stereocenters. The fourth-order valence-corrected chi connectivity index (χ4v) is 4.27. The van der Waals surface area contributed by atoms with Gasteiger partial charge in [0.2, 0.25) is 0 Å². The molecular formula is C22H20F3NO4. The number of hydrogen-bond acceptors (Lipinski definition) is 4. The van der Waals surface area contributed by atoms with Crippen molar-refractivity contribution in [2.75, 3.05) is 0 Å². The zero-order chi connectivity index (χ0) is 21.5. The predicted molar refractivity (Wildman–Crippen MR) is 104 cm³/mol. The van der Waals surface area contributed by atoms with Gasteiger partial charge < -0.3 is 9.52 Å². The lowest BCUT2D eigenvalue weighted by Crippen LogP contribution is -2.57. The molecule has 0 aliphatic heterocycles. The Balaban J connectivity index is 1.78. The van der Waals surface area contributed by atoms with E-state index in [2.05, 4.69) is 5.32 Å². The quantitative estimate of drug-likeness (QED) is 0.543. The summed E-state index contributed by atoms with van der Waals surface area (Å²) in [6.45, 7) is 0. The second kappa shape index (κ2) is 7.43. The van der Waals surface area contributed by atoms with Gasteiger partial charge in [-0.1, -0.05) is 31.4 Å². The van der Waals surface area contributed by atoms with Crippen molar-refractivity contribution in [3.05, 3.63) is 47.5 Å². The van der Waals surface area contributed by atoms with Crippen molar-refractivity contribution in [3.8, 4) is 0 Å². The Morgan fingerprint density at radius 3 is 2.43 bits per heavy atom. The molecule has 1 aromatic heterocycles. The number of carboxylic acid groups (broad SMARTS) is 1. The Labute approximate surface area is 169 Å². The molecule has 8 heteroatoms. The second-order valence-corrected chi connectivity index (χ2v) is 7.80. The summed E-state index contributed by atoms with van der Waals surface area (Å²) in [5.74, 6) is -1.26. The van der Waals surface area contributed by atoms with Gasteiger partial charge in [-0.25, -0.2) is 0 Å². The van der Waals surface area contributed by atoms with Gasteiger partial charge in [0.25, 0.3) is 0 Å². The smallest absolute Gasteiger partial charge is 0.407 e. The highest BCUT2D eigenvalue weighted by Crippen LogP contribution is 2.40. The fraction of sp³-hybridized carbons (Fsp3) is 0.364. The van der Waals surface area contributed by atoms with E-state index in [4.69, 9.17) is 4.42 Å². The number of rotatable bonds is 5. The minimum Gasteiger partial charge on any atom is -0.480 e. The topological polar surface area (TPSA) is 79.5 Å². The number of carbonyl (C=O) groups is 2. The van der Waals surface area contributed by atoms with Crippen molar-refractivity contribution < 1.29 is 32.3 Å². The minimum absolute atomic E-state index is 0.115. The van der Waals surface area contributed by atoms with Crippen LogP contribution in [-0.2, 0) is 4.79 Å². The highest BCUT2D eigenvalue weighted by Gasteiger charge is 2.49. The summed E-state index contributed by atoms with van der Waals surface area (Å²) in [6.07, 6.45) is -1.78. The number of alkyl halides is 3. The van der Waals surface area contributed by atoms with Crippen LogP contribution in [0.25, 0.3) is 21.9 Å². The lowest BCUT2D eigenvalue weighted by molar-refractivity contribution is -0.170. The predicted octanol–water partition coefficient (Wildman–Crippen LogP) is 5.38. The van der Waals surface area contributed by atoms with Crippen LogP contribution in [0.15, 0.2) is 40.8 Å². The van der Waals surface area contributed by atoms with Gasteiger partial charge in [0, 0.05) is 16.3 Å². The Hall–Kier alpha value is -2.87. The first-order valence-electron chi connectivity index (χ1n) is 9.73. The molecule has 5 nitrogen and oxygen atoms in total. The van der Waals surface area contributed by atoms with Crippen molar-refractivity contribution in [1.82, 2.24) is 5.32 Å². The molecule has 1 aliphatic carbocycles. The Morgan fingerprint density at radius 2 is 1.80 bits per heavy atom. The molecule has 0 amide bonds. The van der Waals surface area contributed by atoms with Gasteiger partial charge in [0.15, 0.2) is 0 Å². The van der Waals surface area contributed by atoms with E-state index in [9.17, 15) is 27.9 Å². The van der Waals surface area contributed by atoms with Crippen molar-refractivity contribution in [1.29, 1.82) is 0 Å². The number of hydrogen-bond donors (Lipinski definition) is 2. The average molecular weight is 419 g/mol. The van der Waals surface area contributed by atoms with Crippen molar-refractivity contribution in [2.45, 2.75) is 49.9 Å². The van der Waals surface area contributed by atoms with E-state index in [0.29, 0.717) is 41.0 Å². The zero-order valence-electron chi connectivity index (χ0n) is 16.0. The van der Waals surface area contributed by atoms with E-state index in [1.165, 1.54) is 18.2 Å². The molecule has 30 heavy (non-hydrogen) atoms. The number of carbonyl (C=O) groups excluding carboxylic acids is 1. The summed E-state index contributed by atoms with van der Waals surface area (Å²) in [6, 6.07) is 6.77. The van der Waals surface area contributed by atoms with Crippen LogP contribution in [0, 0.1) is 0 Å². The Kier molecular flexibility index (Phi) is 5.05. The molecule has 1 unspecified atom stereocenters. The highest BCUT2D eigenvalue weighted by molar-refractivity contribution is 6.06. The zero-order valence-corrected chi connectivity index (χ0v) is 16.0. The molecule has 4 rings (SSSR count). The first-order valence-corrected chi connectivity index (χ1v) is 9.73. The third-order valence-corrected chi connectivity index (χ3v) is 5.85. The normalized spacial score (nSPS) is 17.8. The summed E-state index contributed by atoms with van der Waals surface area (Å²) in [5, 5.41) is 13.3. The lowest BCUT2D eigenvalue weighted by atomic mass is 9.80. The lowest BCUT2D eigenvalue weighted by Gasteiger charge is -2.38. The van der Waals surface area contributed by atoms with Crippen LogP contribution >= 0.6 is 0 Å². The van der Waals surface area contributed by atoms with Crippen LogP contribution < -0.4 is 5.32 Å². The first-order chi connectivity index (χ1) is 14.2. The van der Waals surface area contributed by atoms with Crippen LogP contribution in [0.1, 0.15) is 54.1 Å². The SMILES string of the molecule is O=Cc1ccc2oc3cc(C(NC4(C(=O)O)CCCCC4)C(F)(F)F)ccc3c2c1. The number of nitrogens with one attached hydrogen (secondary N) is 1. The van der Waals surface area contributed by atoms with Gasteiger partial charge in [0.1, 0.15) is 29.0 Å². The monoisotopic (exact) mass is 419 g/mol. The molecule has 0 radical (unpaired) electrons. The summed E-state index contributed by atoms with van der Waals surface area (Å²) in [7, 11) is 0. The molecule has 0 bridgehead atoms. The van der Waals surface area contributed by atoms with Gasteiger partial charge in [-0.2, -0.15) is 13.2 Å². The van der Waals surface area contributed by atoms with E-state index in [1.54, 1.807) is 18.2 Å². The average Bonchev–Trinajstić information content (AvgIpc) is 3.08. The molecule has 1 aliphatic rings. The maximum absolute atomic E-state index is 14.0. The van der Waals surface area contributed by atoms with Crippen molar-refractivity contribution in [2.24, 2.45) is 0 Å². The largest absolute Gasteiger partial charge is 0.480 e. The van der Waals surface area contributed by atoms with Crippen LogP contribution in [0.2, 0.25) is 0 Å². The Morgan fingerprint density at radius 1 is 1.07 bits per heavy atom. The third-order valence-electron chi connectivity index (χ3n) is 5.85. The fourth-order valence-electron chi connectivity index (χ4n) is 4.27. The van der Waals surface area contributed by atoms with Gasteiger partial charge in [-0.05, 0) is 42.7 Å². The molecule has 1 fully saturated rings. The summed E-state index contributed by atoms with van der Waals surface area (Å²) in [5.41, 5.74) is -0.589. The van der Waals surface area contributed by atoms with Crippen LogP contribution in [-0.4, -0.2) is 29.1 Å². The number of aldehydes is 1. The number of benzene rings is 2. The van der Waals surface area contributed by atoms with Gasteiger partial charge in [-0.15, -0.1) is 0 Å². The Bertz CT molecular complexity index is 1110. The summed E-state index contributed by atoms with van der Waals surface area (Å²) < 4.78 is 47.6. The van der Waals surface area contributed by atoms with Crippen LogP contribution in [0.5, 0.6) is 0 Å². The molecule has 0 spiro atoms. The summed E-state index contributed by atoms with van der Waals surface area (Å²) in [4.78, 5) is 22.9. The number of halogens is 3. The van der Waals surface area contributed by atoms with Crippen LogP contribution in [0.3, 0.4) is 0 Å². The molecule has 2 N–H and O–H groups in total. The highest BCUT2D eigenvalue weighted by atomic mass is 19.4. The van der Waals surface area contributed by atoms with E-state index in [-0.39, 0.29) is 24.0 Å². The third kappa shape index (κ3) is 3.56. The van der Waals surface area contributed by atoms with Crippen LogP contribution in [0.4, 0.5) is 13.2 Å². The second-order valence-electron chi connectivity index (χ2n) is 7.80. The van der Waals surface area contributed by atoms with E-state index < -0.39 is 23.7 Å². The molecule has 0 saturated heterocycles. The molecule has 3 aromatic rings. The van der Waals surface area contributed by atoms with E-state index >= 15 is 0 Å². The van der Waals surface area contributed by atoms with Gasteiger partial charge in [0.05, 0.1) is 0 Å². The number of carboxylic acids is 1. The number of aliphatic carboxylic acids is 1. The van der Waals surface area contributed by atoms with Gasteiger partial charge >= 0.3 is 12.1 Å². The minimum atomic E-state index is -4.69. The number of furan rings is 1. The van der Waals surface area contributed by atoms with E-state index in [0.717, 1.165) is 6.42 Å². The molecule has 1 saturated carbocycles. The van der Waals surface area contributed by atoms with Crippen molar-refractivity contribution in [3.63, 3.8) is 0 Å². The summed E-state index contributed by atoms with van der Waals surface area (Å²) >= 11 is 0. The van der Waals surface area contributed by atoms with Gasteiger partial charge in [-0.3, -0.25) is 14.9 Å². The van der Waals surface area contributed by atoms with Crippen molar-refractivity contribution >= 4 is 34.2 Å². The first kappa shape index (κ1) is 20.4. The molecule has 158 valence electrons. The molecular weight excluding hydrogens is 399 g/mol. The maximum Gasteiger partial charge on any atom is 0.407 e. The standard InChI is InChI=1S/C22H20F3NO4/c23-22(24,25)19(26-21(20(28)29)8-2-1-3-9-21)14-5-6-15-16-10-13(12-27)4-7-17(16)30-18(15)11-14/h4-7,10-12,19,26H,1-3,8-9H2,(H,28,29). The molecule has 2 aromatic carbocycles. The molecule has 1 heterocycles. The maximum atomic E-state index is 14.0. The number of fused-ring (bicyclic) bond motifs is 3. The van der Waals surface area contributed by atoms with E-state index in [1.807, 2.05) is 0 Å².